The van der Waals surface area contributed by atoms with Crippen LogP contribution in [0.3, 0.4) is 0 Å². The van der Waals surface area contributed by atoms with Crippen molar-refractivity contribution in [3.63, 3.8) is 0 Å². The van der Waals surface area contributed by atoms with E-state index in [1.165, 1.54) is 11.1 Å². The summed E-state index contributed by atoms with van der Waals surface area (Å²) in [5.74, 6) is 0.882. The summed E-state index contributed by atoms with van der Waals surface area (Å²) in [5, 5.41) is 6.99. The number of fused-ring (bicyclic) bond motifs is 3. The summed E-state index contributed by atoms with van der Waals surface area (Å²) in [6.07, 6.45) is 8.73. The first kappa shape index (κ1) is 35.0. The number of carbonyl (C=O) groups excluding carboxylic acids is 1. The Balaban J connectivity index is 1.77. The Morgan fingerprint density at radius 1 is 1.00 bits per heavy atom. The number of nitrogens with zero attached hydrogens (tertiary/aromatic N) is 4. The maximum atomic E-state index is 13.1. The molecule has 1 saturated heterocycles. The van der Waals surface area contributed by atoms with Crippen LogP contribution in [0.4, 0.5) is 5.69 Å². The van der Waals surface area contributed by atoms with Gasteiger partial charge in [-0.15, -0.1) is 0 Å². The molecule has 0 amide bonds. The third-order valence-electron chi connectivity index (χ3n) is 7.86. The van der Waals surface area contributed by atoms with Crippen molar-refractivity contribution >= 4 is 29.5 Å². The molecule has 12 nitrogen and oxygen atoms in total. The van der Waals surface area contributed by atoms with Crippen LogP contribution in [0.2, 0.25) is 0 Å². The molecular formula is C33H52N10O2. The molecule has 0 aliphatic carbocycles. The Morgan fingerprint density at radius 2 is 1.69 bits per heavy atom. The van der Waals surface area contributed by atoms with Gasteiger partial charge in [-0.05, 0) is 83.2 Å². The first-order chi connectivity index (χ1) is 21.5. The van der Waals surface area contributed by atoms with Gasteiger partial charge in [0.15, 0.2) is 17.9 Å². The molecule has 3 unspecified atom stereocenters. The summed E-state index contributed by atoms with van der Waals surface area (Å²) in [5.41, 5.74) is 29.2. The lowest BCUT2D eigenvalue weighted by molar-refractivity contribution is 0.0539. The second-order valence-electron chi connectivity index (χ2n) is 12.1. The van der Waals surface area contributed by atoms with E-state index in [4.69, 9.17) is 27.7 Å². The van der Waals surface area contributed by atoms with E-state index in [1.54, 1.807) is 6.07 Å². The van der Waals surface area contributed by atoms with E-state index in [0.717, 1.165) is 49.2 Å². The van der Waals surface area contributed by atoms with Crippen LogP contribution in [0.25, 0.3) is 0 Å². The quantitative estimate of drug-likeness (QED) is 0.0631. The first-order valence-electron chi connectivity index (χ1n) is 15.6. The van der Waals surface area contributed by atoms with Gasteiger partial charge in [0, 0.05) is 30.7 Å². The Labute approximate surface area is 267 Å². The number of nitrogens with one attached hydrogen (secondary N) is 2. The molecule has 246 valence electrons. The second kappa shape index (κ2) is 17.1. The third-order valence-corrected chi connectivity index (χ3v) is 7.86. The minimum atomic E-state index is -0.393. The minimum Gasteiger partial charge on any atom is -0.458 e. The Morgan fingerprint density at radius 3 is 2.38 bits per heavy atom. The molecular weight excluding hydrogens is 568 g/mol. The molecule has 3 rings (SSSR count). The summed E-state index contributed by atoms with van der Waals surface area (Å²) >= 11 is 0. The smallest absolute Gasteiger partial charge is 0.338 e. The van der Waals surface area contributed by atoms with Gasteiger partial charge in [-0.2, -0.15) is 0 Å². The number of likely N-dealkylation sites (tertiary alicyclic amines) is 1. The van der Waals surface area contributed by atoms with Gasteiger partial charge in [-0.1, -0.05) is 29.4 Å². The van der Waals surface area contributed by atoms with E-state index in [9.17, 15) is 4.79 Å². The van der Waals surface area contributed by atoms with Gasteiger partial charge >= 0.3 is 5.97 Å². The molecule has 0 bridgehead atoms. The van der Waals surface area contributed by atoms with Crippen molar-refractivity contribution in [2.24, 2.45) is 43.8 Å². The van der Waals surface area contributed by atoms with Crippen LogP contribution in [0.5, 0.6) is 0 Å². The maximum absolute atomic E-state index is 13.1. The number of benzene rings is 1. The molecule has 2 heterocycles. The Kier molecular flexibility index (Phi) is 13.3. The van der Waals surface area contributed by atoms with Crippen LogP contribution >= 0.6 is 0 Å². The third kappa shape index (κ3) is 10.9. The van der Waals surface area contributed by atoms with Gasteiger partial charge in [-0.25, -0.2) is 19.8 Å². The number of allylic oxidation sites excluding steroid dienone is 2. The number of esters is 1. The second-order valence-corrected chi connectivity index (χ2v) is 12.1. The molecule has 2 aliphatic heterocycles. The van der Waals surface area contributed by atoms with Crippen molar-refractivity contribution in [2.75, 3.05) is 44.6 Å². The fourth-order valence-electron chi connectivity index (χ4n) is 5.51. The molecule has 1 aromatic rings. The lowest BCUT2D eigenvalue weighted by Gasteiger charge is -2.40. The van der Waals surface area contributed by atoms with Gasteiger partial charge in [0.25, 0.3) is 0 Å². The van der Waals surface area contributed by atoms with Crippen LogP contribution in [0, 0.1) is 5.92 Å². The van der Waals surface area contributed by atoms with Crippen LogP contribution in [-0.2, 0) is 4.74 Å². The van der Waals surface area contributed by atoms with Gasteiger partial charge in [0.05, 0.1) is 31.2 Å². The van der Waals surface area contributed by atoms with Crippen molar-refractivity contribution in [1.29, 1.82) is 0 Å². The molecule has 0 spiro atoms. The zero-order chi connectivity index (χ0) is 32.9. The summed E-state index contributed by atoms with van der Waals surface area (Å²) in [6.45, 7) is 13.1. The van der Waals surface area contributed by atoms with Crippen molar-refractivity contribution in [2.45, 2.75) is 66.0 Å². The number of guanidine groups is 3. The van der Waals surface area contributed by atoms with Crippen molar-refractivity contribution < 1.29 is 9.53 Å². The molecule has 3 atom stereocenters. The number of nitrogens with two attached hydrogens (primary N) is 4. The van der Waals surface area contributed by atoms with Gasteiger partial charge in [0.2, 0.25) is 0 Å². The fraction of sp³-hybridized carbons (Fsp3) is 0.515. The standard InChI is InChI=1S/C33H52N10O2/c1-21(2)10-15-40-32(36)39-14-6-7-27-25-13-18-43(33(37)41-16-11-22(3)4)29(25)26-19-24(8-9-28(26)42-27)30(44)45-20-23(5)12-17-38-31(34)35/h8-12,19,25,27,29,42H,6-7,13-18,20H2,1-5H3,(H2,37,41)(H4,34,35,38)(H3,36,39,40). The number of carbonyl (C=O) groups is 1. The molecule has 0 radical (unpaired) electrons. The Hall–Kier alpha value is -4.48. The number of ether oxygens (including phenoxy) is 1. The molecule has 2 aliphatic rings. The highest BCUT2D eigenvalue weighted by molar-refractivity contribution is 5.91. The zero-order valence-electron chi connectivity index (χ0n) is 27.5. The topological polar surface area (TPSA) is 195 Å². The van der Waals surface area contributed by atoms with Crippen LogP contribution < -0.4 is 33.6 Å². The van der Waals surface area contributed by atoms with E-state index >= 15 is 0 Å². The van der Waals surface area contributed by atoms with Crippen molar-refractivity contribution in [3.05, 3.63) is 64.3 Å². The number of hydrogen-bond acceptors (Lipinski definition) is 6. The van der Waals surface area contributed by atoms with Crippen LogP contribution in [0.15, 0.2) is 68.1 Å². The monoisotopic (exact) mass is 620 g/mol. The highest BCUT2D eigenvalue weighted by atomic mass is 16.5. The van der Waals surface area contributed by atoms with E-state index in [0.29, 0.717) is 37.1 Å². The molecule has 0 aromatic heterocycles. The van der Waals surface area contributed by atoms with Gasteiger partial charge in [0.1, 0.15) is 6.61 Å². The summed E-state index contributed by atoms with van der Waals surface area (Å²) in [7, 11) is 0. The van der Waals surface area contributed by atoms with Crippen LogP contribution in [-0.4, -0.2) is 74.1 Å². The zero-order valence-corrected chi connectivity index (χ0v) is 27.5. The van der Waals surface area contributed by atoms with Gasteiger partial charge < -0.3 is 43.2 Å². The first-order valence-corrected chi connectivity index (χ1v) is 15.6. The molecule has 10 N–H and O–H groups in total. The largest absolute Gasteiger partial charge is 0.458 e. The molecule has 1 aromatic carbocycles. The number of hydrogen-bond donors (Lipinski definition) is 6. The van der Waals surface area contributed by atoms with Crippen molar-refractivity contribution in [3.8, 4) is 0 Å². The van der Waals surface area contributed by atoms with Crippen LogP contribution in [0.1, 0.15) is 75.8 Å². The normalized spacial score (nSPS) is 19.5. The van der Waals surface area contributed by atoms with Gasteiger partial charge in [-0.3, -0.25) is 0 Å². The minimum absolute atomic E-state index is 0.0145. The number of anilines is 1. The van der Waals surface area contributed by atoms with E-state index in [-0.39, 0.29) is 30.6 Å². The Bertz CT molecular complexity index is 1350. The van der Waals surface area contributed by atoms with E-state index < -0.39 is 5.97 Å². The van der Waals surface area contributed by atoms with E-state index in [1.807, 2.05) is 58.9 Å². The van der Waals surface area contributed by atoms with E-state index in [2.05, 4.69) is 36.6 Å². The number of rotatable bonds is 13. The average molecular weight is 621 g/mol. The predicted molar refractivity (Wildman–Crippen MR) is 185 cm³/mol. The summed E-state index contributed by atoms with van der Waals surface area (Å²) in [4.78, 5) is 28.2. The fourth-order valence-corrected chi connectivity index (χ4v) is 5.51. The highest BCUT2D eigenvalue weighted by Gasteiger charge is 2.44. The van der Waals surface area contributed by atoms with Crippen molar-refractivity contribution in [1.82, 2.24) is 10.2 Å². The lowest BCUT2D eigenvalue weighted by atomic mass is 9.80. The molecule has 1 fully saturated rings. The SMILES string of the molecule is CC(C)=CCN=C(N)NCCCC1Nc2ccc(C(=O)OCC(C)=CCN=C(N)N)cc2C2C1CCN2C(N)=NCC=C(C)C. The highest BCUT2D eigenvalue weighted by Crippen LogP contribution is 2.47. The molecule has 0 saturated carbocycles. The molecule has 45 heavy (non-hydrogen) atoms. The summed E-state index contributed by atoms with van der Waals surface area (Å²) < 4.78 is 5.60. The maximum Gasteiger partial charge on any atom is 0.338 e. The lowest BCUT2D eigenvalue weighted by Crippen LogP contribution is -2.44. The number of aliphatic imine (C=N–C) groups is 3. The predicted octanol–water partition coefficient (Wildman–Crippen LogP) is 3.15. The summed E-state index contributed by atoms with van der Waals surface area (Å²) in [6, 6.07) is 5.92. The average Bonchev–Trinajstić information content (AvgIpc) is 3.43. The molecule has 12 heteroatoms.